The molecule has 0 aliphatic heterocycles. The van der Waals surface area contributed by atoms with E-state index in [-0.39, 0.29) is 17.8 Å². The molecule has 0 heterocycles. The van der Waals surface area contributed by atoms with E-state index in [0.717, 1.165) is 25.7 Å². The zero-order valence-electron chi connectivity index (χ0n) is 15.1. The van der Waals surface area contributed by atoms with Gasteiger partial charge < -0.3 is 15.8 Å². The molecule has 0 radical (unpaired) electrons. The first kappa shape index (κ1) is 18.8. The molecular weight excluding hydrogens is 334 g/mol. The van der Waals surface area contributed by atoms with Crippen molar-refractivity contribution in [3.05, 3.63) is 59.7 Å². The quantitative estimate of drug-likeness (QED) is 0.756. The van der Waals surface area contributed by atoms with E-state index in [1.807, 2.05) is 13.0 Å². The fourth-order valence-corrected chi connectivity index (χ4v) is 3.51. The Kier molecular flexibility index (Phi) is 6.22. The Morgan fingerprint density at radius 3 is 2.42 bits per heavy atom. The summed E-state index contributed by atoms with van der Waals surface area (Å²) in [4.78, 5) is 0. The van der Waals surface area contributed by atoms with E-state index < -0.39 is 11.6 Å². The molecule has 0 amide bonds. The number of nitrogens with two attached hydrogens (primary N) is 1. The van der Waals surface area contributed by atoms with Gasteiger partial charge in [-0.05, 0) is 50.3 Å². The second-order valence-electron chi connectivity index (χ2n) is 6.93. The van der Waals surface area contributed by atoms with Gasteiger partial charge in [-0.15, -0.1) is 0 Å². The van der Waals surface area contributed by atoms with Gasteiger partial charge in [-0.3, -0.25) is 0 Å². The zero-order chi connectivity index (χ0) is 18.5. The molecule has 140 valence electrons. The minimum Gasteiger partial charge on any atom is -0.451 e. The van der Waals surface area contributed by atoms with Gasteiger partial charge in [0.05, 0.1) is 0 Å². The maximum absolute atomic E-state index is 15.0. The number of rotatable bonds is 6. The van der Waals surface area contributed by atoms with Crippen LogP contribution in [-0.2, 0) is 0 Å². The molecule has 0 bridgehead atoms. The van der Waals surface area contributed by atoms with Gasteiger partial charge in [-0.2, -0.15) is 0 Å². The van der Waals surface area contributed by atoms with Crippen LogP contribution in [0.25, 0.3) is 0 Å². The third-order valence-corrected chi connectivity index (χ3v) is 5.03. The lowest BCUT2D eigenvalue weighted by Gasteiger charge is -2.31. The van der Waals surface area contributed by atoms with E-state index >= 15 is 4.39 Å². The second-order valence-corrected chi connectivity index (χ2v) is 6.93. The van der Waals surface area contributed by atoms with Crippen molar-refractivity contribution in [2.75, 3.05) is 0 Å². The summed E-state index contributed by atoms with van der Waals surface area (Å²) >= 11 is 0. The molecule has 3 nitrogen and oxygen atoms in total. The van der Waals surface area contributed by atoms with Crippen LogP contribution in [0.1, 0.15) is 50.6 Å². The first-order chi connectivity index (χ1) is 12.6. The monoisotopic (exact) mass is 360 g/mol. The number of hydrogen-bond donors (Lipinski definition) is 2. The van der Waals surface area contributed by atoms with Crippen LogP contribution in [0.5, 0.6) is 11.5 Å². The van der Waals surface area contributed by atoms with Crippen LogP contribution in [0.3, 0.4) is 0 Å². The first-order valence-electron chi connectivity index (χ1n) is 9.31. The lowest BCUT2D eigenvalue weighted by Crippen LogP contribution is -2.39. The van der Waals surface area contributed by atoms with Crippen LogP contribution in [0.4, 0.5) is 8.78 Å². The topological polar surface area (TPSA) is 47.3 Å². The van der Waals surface area contributed by atoms with Crippen LogP contribution < -0.4 is 15.8 Å². The molecule has 1 aliphatic rings. The van der Waals surface area contributed by atoms with Gasteiger partial charge in [0.25, 0.3) is 0 Å². The SMILES string of the molecule is CCC(NC1CCC(N)CC1)c1ccc(F)c(Oc2ccccc2)c1F. The zero-order valence-corrected chi connectivity index (χ0v) is 15.1. The van der Waals surface area contributed by atoms with Gasteiger partial charge in [0.15, 0.2) is 17.4 Å². The standard InChI is InChI=1S/C21H26F2N2O/c1-2-19(25-15-10-8-14(24)9-11-15)17-12-13-18(22)21(20(17)23)26-16-6-4-3-5-7-16/h3-7,12-15,19,25H,2,8-11,24H2,1H3. The highest BCUT2D eigenvalue weighted by Crippen LogP contribution is 2.33. The van der Waals surface area contributed by atoms with Crippen molar-refractivity contribution in [3.8, 4) is 11.5 Å². The van der Waals surface area contributed by atoms with Crippen molar-refractivity contribution in [2.24, 2.45) is 5.73 Å². The summed E-state index contributed by atoms with van der Waals surface area (Å²) in [7, 11) is 0. The fraction of sp³-hybridized carbons (Fsp3) is 0.429. The maximum atomic E-state index is 15.0. The molecule has 26 heavy (non-hydrogen) atoms. The minimum atomic E-state index is -0.700. The smallest absolute Gasteiger partial charge is 0.198 e. The molecule has 1 saturated carbocycles. The first-order valence-corrected chi connectivity index (χ1v) is 9.31. The molecule has 3 N–H and O–H groups in total. The molecule has 1 unspecified atom stereocenters. The van der Waals surface area contributed by atoms with Crippen molar-refractivity contribution < 1.29 is 13.5 Å². The van der Waals surface area contributed by atoms with Crippen LogP contribution in [0.15, 0.2) is 42.5 Å². The Bertz CT molecular complexity index is 715. The Morgan fingerprint density at radius 2 is 1.77 bits per heavy atom. The lowest BCUT2D eigenvalue weighted by atomic mass is 9.90. The summed E-state index contributed by atoms with van der Waals surface area (Å²) in [5, 5.41) is 3.52. The number of halogens is 2. The summed E-state index contributed by atoms with van der Waals surface area (Å²) < 4.78 is 34.7. The highest BCUT2D eigenvalue weighted by molar-refractivity contribution is 5.38. The van der Waals surface area contributed by atoms with E-state index in [0.29, 0.717) is 23.8 Å². The third kappa shape index (κ3) is 4.40. The number of nitrogens with one attached hydrogen (secondary N) is 1. The van der Waals surface area contributed by atoms with E-state index in [2.05, 4.69) is 5.32 Å². The summed E-state index contributed by atoms with van der Waals surface area (Å²) in [6.07, 6.45) is 4.61. The normalized spacial score (nSPS) is 21.4. The highest BCUT2D eigenvalue weighted by Gasteiger charge is 2.25. The molecule has 1 atom stereocenters. The third-order valence-electron chi connectivity index (χ3n) is 5.03. The summed E-state index contributed by atoms with van der Waals surface area (Å²) in [6, 6.07) is 11.9. The average Bonchev–Trinajstić information content (AvgIpc) is 2.66. The van der Waals surface area contributed by atoms with Gasteiger partial charge in [-0.1, -0.05) is 31.2 Å². The van der Waals surface area contributed by atoms with Crippen LogP contribution >= 0.6 is 0 Å². The minimum absolute atomic E-state index is 0.187. The molecule has 0 aromatic heterocycles. The number of ether oxygens (including phenoxy) is 1. The lowest BCUT2D eigenvalue weighted by molar-refractivity contribution is 0.307. The van der Waals surface area contributed by atoms with Gasteiger partial charge in [0.2, 0.25) is 0 Å². The van der Waals surface area contributed by atoms with Crippen molar-refractivity contribution in [3.63, 3.8) is 0 Å². The largest absolute Gasteiger partial charge is 0.451 e. The van der Waals surface area contributed by atoms with E-state index in [4.69, 9.17) is 10.5 Å². The maximum Gasteiger partial charge on any atom is 0.198 e. The molecule has 0 spiro atoms. The van der Waals surface area contributed by atoms with Gasteiger partial charge in [0, 0.05) is 23.7 Å². The fourth-order valence-electron chi connectivity index (χ4n) is 3.51. The Morgan fingerprint density at radius 1 is 1.08 bits per heavy atom. The van der Waals surface area contributed by atoms with Crippen molar-refractivity contribution in [1.29, 1.82) is 0 Å². The molecule has 5 heteroatoms. The second kappa shape index (κ2) is 8.60. The molecule has 3 rings (SSSR count). The Balaban J connectivity index is 1.80. The summed E-state index contributed by atoms with van der Waals surface area (Å²) in [6.45, 7) is 1.99. The number of benzene rings is 2. The summed E-state index contributed by atoms with van der Waals surface area (Å²) in [5.41, 5.74) is 6.40. The molecule has 1 aliphatic carbocycles. The molecule has 0 saturated heterocycles. The van der Waals surface area contributed by atoms with Gasteiger partial charge >= 0.3 is 0 Å². The summed E-state index contributed by atoms with van der Waals surface area (Å²) in [5.74, 6) is -1.28. The molecular formula is C21H26F2N2O. The predicted octanol–water partition coefficient (Wildman–Crippen LogP) is 5.07. The van der Waals surface area contributed by atoms with E-state index in [1.54, 1.807) is 24.3 Å². The van der Waals surface area contributed by atoms with Crippen LogP contribution in [-0.4, -0.2) is 12.1 Å². The molecule has 2 aromatic carbocycles. The van der Waals surface area contributed by atoms with Gasteiger partial charge in [-0.25, -0.2) is 8.78 Å². The van der Waals surface area contributed by atoms with E-state index in [9.17, 15) is 4.39 Å². The molecule has 2 aromatic rings. The van der Waals surface area contributed by atoms with Crippen LogP contribution in [0, 0.1) is 11.6 Å². The predicted molar refractivity (Wildman–Crippen MR) is 99.3 cm³/mol. The van der Waals surface area contributed by atoms with Crippen molar-refractivity contribution in [1.82, 2.24) is 5.32 Å². The molecule has 1 fully saturated rings. The Hall–Kier alpha value is -1.98. The highest BCUT2D eigenvalue weighted by atomic mass is 19.1. The van der Waals surface area contributed by atoms with Crippen molar-refractivity contribution >= 4 is 0 Å². The number of para-hydroxylation sites is 1. The Labute approximate surface area is 153 Å². The van der Waals surface area contributed by atoms with Crippen LogP contribution in [0.2, 0.25) is 0 Å². The van der Waals surface area contributed by atoms with Gasteiger partial charge in [0.1, 0.15) is 5.75 Å². The van der Waals surface area contributed by atoms with Crippen molar-refractivity contribution in [2.45, 2.75) is 57.2 Å². The number of hydrogen-bond acceptors (Lipinski definition) is 3. The average molecular weight is 360 g/mol. The van der Waals surface area contributed by atoms with E-state index in [1.165, 1.54) is 12.1 Å².